The zero-order valence-electron chi connectivity index (χ0n) is 16.7. The molecule has 0 aliphatic carbocycles. The van der Waals surface area contributed by atoms with Gasteiger partial charge in [0.25, 0.3) is 0 Å². The van der Waals surface area contributed by atoms with Crippen molar-refractivity contribution in [1.29, 1.82) is 0 Å². The fourth-order valence-corrected chi connectivity index (χ4v) is 3.54. The topological polar surface area (TPSA) is 72.8 Å². The molecule has 0 bridgehead atoms. The molecule has 1 aromatic carbocycles. The van der Waals surface area contributed by atoms with Gasteiger partial charge in [-0.05, 0) is 43.4 Å². The fourth-order valence-electron chi connectivity index (χ4n) is 3.54. The maximum Gasteiger partial charge on any atom is 0.250 e. The lowest BCUT2D eigenvalue weighted by Crippen LogP contribution is -2.25. The molecule has 8 nitrogen and oxygen atoms in total. The van der Waals surface area contributed by atoms with Crippen LogP contribution in [-0.4, -0.2) is 61.4 Å². The molecular weight excluding hydrogens is 352 g/mol. The van der Waals surface area contributed by atoms with Crippen LogP contribution in [0.4, 0.5) is 23.5 Å². The first kappa shape index (κ1) is 18.5. The molecule has 2 aliphatic rings. The Labute approximate surface area is 166 Å². The second kappa shape index (κ2) is 8.41. The summed E-state index contributed by atoms with van der Waals surface area (Å²) in [6.45, 7) is 4.02. The highest BCUT2D eigenvalue weighted by atomic mass is 15.4. The highest BCUT2D eigenvalue weighted by Gasteiger charge is 2.21. The molecule has 0 spiro atoms. The number of rotatable bonds is 6. The summed E-state index contributed by atoms with van der Waals surface area (Å²) in [7, 11) is 4.06. The van der Waals surface area contributed by atoms with Crippen LogP contribution >= 0.6 is 0 Å². The van der Waals surface area contributed by atoms with Crippen LogP contribution in [-0.2, 0) is 0 Å². The molecule has 2 aliphatic heterocycles. The van der Waals surface area contributed by atoms with E-state index in [-0.39, 0.29) is 0 Å². The molecule has 0 atom stereocenters. The second-order valence-electron chi connectivity index (χ2n) is 7.50. The van der Waals surface area contributed by atoms with Gasteiger partial charge < -0.3 is 14.7 Å². The minimum atomic E-state index is 0.500. The summed E-state index contributed by atoms with van der Waals surface area (Å²) in [6, 6.07) is 8.22. The van der Waals surface area contributed by atoms with Gasteiger partial charge in [0.2, 0.25) is 17.8 Å². The van der Waals surface area contributed by atoms with Crippen LogP contribution in [0.15, 0.2) is 29.4 Å². The van der Waals surface area contributed by atoms with Crippen molar-refractivity contribution in [3.63, 3.8) is 0 Å². The van der Waals surface area contributed by atoms with E-state index in [9.17, 15) is 0 Å². The van der Waals surface area contributed by atoms with Gasteiger partial charge in [0.15, 0.2) is 0 Å². The normalized spacial score (nSPS) is 16.9. The number of hydrogen-bond acceptors (Lipinski definition) is 8. The van der Waals surface area contributed by atoms with Crippen molar-refractivity contribution in [2.24, 2.45) is 5.10 Å². The Hall–Kier alpha value is -2.90. The summed E-state index contributed by atoms with van der Waals surface area (Å²) < 4.78 is 0. The Morgan fingerprint density at radius 1 is 0.857 bits per heavy atom. The molecule has 0 amide bonds. The standard InChI is InChI=1S/C20H28N8/c1-26(2)17-9-7-16(8-10-17)15-21-25-18-22-19(27-11-3-4-12-27)24-20(23-18)28-13-5-6-14-28/h7-10,15H,3-6,11-14H2,1-2H3,(H,22,23,24,25). The fraction of sp³-hybridized carbons (Fsp3) is 0.500. The molecule has 1 aromatic heterocycles. The number of benzene rings is 1. The maximum absolute atomic E-state index is 4.72. The molecule has 0 radical (unpaired) electrons. The van der Waals surface area contributed by atoms with Gasteiger partial charge in [-0.3, -0.25) is 0 Å². The van der Waals surface area contributed by atoms with Gasteiger partial charge in [-0.25, -0.2) is 5.43 Å². The highest BCUT2D eigenvalue weighted by Crippen LogP contribution is 2.22. The smallest absolute Gasteiger partial charge is 0.250 e. The SMILES string of the molecule is CN(C)c1ccc(C=NNc2nc(N3CCCC3)nc(N3CCCC3)n2)cc1. The lowest BCUT2D eigenvalue weighted by Gasteiger charge is -2.20. The Kier molecular flexibility index (Phi) is 5.55. The summed E-state index contributed by atoms with van der Waals surface area (Å²) in [4.78, 5) is 20.5. The van der Waals surface area contributed by atoms with Crippen molar-refractivity contribution >= 4 is 29.7 Å². The van der Waals surface area contributed by atoms with Crippen LogP contribution < -0.4 is 20.1 Å². The predicted molar refractivity (Wildman–Crippen MR) is 115 cm³/mol. The Balaban J connectivity index is 1.50. The molecule has 4 rings (SSSR count). The van der Waals surface area contributed by atoms with Crippen LogP contribution in [0.3, 0.4) is 0 Å². The molecule has 2 saturated heterocycles. The molecule has 8 heteroatoms. The van der Waals surface area contributed by atoms with E-state index in [1.54, 1.807) is 6.21 Å². The molecule has 3 heterocycles. The van der Waals surface area contributed by atoms with E-state index >= 15 is 0 Å². The second-order valence-corrected chi connectivity index (χ2v) is 7.50. The average molecular weight is 381 g/mol. The third-order valence-electron chi connectivity index (χ3n) is 5.18. The van der Waals surface area contributed by atoms with E-state index in [4.69, 9.17) is 4.98 Å². The number of anilines is 4. The number of aromatic nitrogens is 3. The van der Waals surface area contributed by atoms with E-state index < -0.39 is 0 Å². The number of nitrogens with zero attached hydrogens (tertiary/aromatic N) is 7. The van der Waals surface area contributed by atoms with Crippen molar-refractivity contribution in [3.8, 4) is 0 Å². The van der Waals surface area contributed by atoms with E-state index in [1.807, 2.05) is 26.2 Å². The van der Waals surface area contributed by atoms with Crippen molar-refractivity contribution in [2.75, 3.05) is 60.4 Å². The molecule has 2 fully saturated rings. The van der Waals surface area contributed by atoms with Crippen LogP contribution in [0.2, 0.25) is 0 Å². The van der Waals surface area contributed by atoms with Gasteiger partial charge in [-0.15, -0.1) is 0 Å². The number of hydrogen-bond donors (Lipinski definition) is 1. The Morgan fingerprint density at radius 3 is 1.89 bits per heavy atom. The van der Waals surface area contributed by atoms with Crippen LogP contribution in [0.25, 0.3) is 0 Å². The van der Waals surface area contributed by atoms with E-state index in [0.29, 0.717) is 5.95 Å². The van der Waals surface area contributed by atoms with Gasteiger partial charge in [-0.1, -0.05) is 12.1 Å². The zero-order valence-corrected chi connectivity index (χ0v) is 16.7. The van der Waals surface area contributed by atoms with Crippen molar-refractivity contribution in [1.82, 2.24) is 15.0 Å². The lowest BCUT2D eigenvalue weighted by molar-refractivity contribution is 0.838. The number of nitrogens with one attached hydrogen (secondary N) is 1. The maximum atomic E-state index is 4.72. The molecule has 28 heavy (non-hydrogen) atoms. The van der Waals surface area contributed by atoms with Gasteiger partial charge in [0.05, 0.1) is 6.21 Å². The quantitative estimate of drug-likeness (QED) is 0.610. The molecular formula is C20H28N8. The molecule has 2 aromatic rings. The van der Waals surface area contributed by atoms with Crippen LogP contribution in [0.5, 0.6) is 0 Å². The number of hydrazone groups is 1. The van der Waals surface area contributed by atoms with Gasteiger partial charge in [-0.2, -0.15) is 20.1 Å². The summed E-state index contributed by atoms with van der Waals surface area (Å²) >= 11 is 0. The molecule has 0 saturated carbocycles. The summed E-state index contributed by atoms with van der Waals surface area (Å²) in [5.41, 5.74) is 5.18. The first-order valence-corrected chi connectivity index (χ1v) is 10.0. The molecule has 1 N–H and O–H groups in total. The summed E-state index contributed by atoms with van der Waals surface area (Å²) in [5.74, 6) is 2.00. The summed E-state index contributed by atoms with van der Waals surface area (Å²) in [5, 5.41) is 4.34. The third-order valence-corrected chi connectivity index (χ3v) is 5.18. The molecule has 148 valence electrons. The predicted octanol–water partition coefficient (Wildman–Crippen LogP) is 2.58. The zero-order chi connectivity index (χ0) is 19.3. The monoisotopic (exact) mass is 380 g/mol. The lowest BCUT2D eigenvalue weighted by atomic mass is 10.2. The first-order valence-electron chi connectivity index (χ1n) is 10.0. The van der Waals surface area contributed by atoms with Gasteiger partial charge >= 0.3 is 0 Å². The largest absolute Gasteiger partial charge is 0.378 e. The molecule has 0 unspecified atom stereocenters. The van der Waals surface area contributed by atoms with Crippen molar-refractivity contribution in [2.45, 2.75) is 25.7 Å². The van der Waals surface area contributed by atoms with Crippen molar-refractivity contribution < 1.29 is 0 Å². The Morgan fingerprint density at radius 2 is 1.39 bits per heavy atom. The first-order chi connectivity index (χ1) is 13.7. The highest BCUT2D eigenvalue weighted by molar-refractivity contribution is 5.80. The van der Waals surface area contributed by atoms with Gasteiger partial charge in [0.1, 0.15) is 0 Å². The van der Waals surface area contributed by atoms with Crippen LogP contribution in [0, 0.1) is 0 Å². The van der Waals surface area contributed by atoms with Crippen molar-refractivity contribution in [3.05, 3.63) is 29.8 Å². The third kappa shape index (κ3) is 4.32. The van der Waals surface area contributed by atoms with Gasteiger partial charge in [0, 0.05) is 46.0 Å². The minimum absolute atomic E-state index is 0.500. The Bertz CT molecular complexity index is 771. The summed E-state index contributed by atoms with van der Waals surface area (Å²) in [6.07, 6.45) is 6.54. The van der Waals surface area contributed by atoms with E-state index in [1.165, 1.54) is 25.7 Å². The minimum Gasteiger partial charge on any atom is -0.378 e. The average Bonchev–Trinajstić information content (AvgIpc) is 3.42. The van der Waals surface area contributed by atoms with E-state index in [2.05, 4.69) is 47.3 Å². The van der Waals surface area contributed by atoms with Crippen LogP contribution in [0.1, 0.15) is 31.2 Å². The van der Waals surface area contributed by atoms with E-state index in [0.717, 1.165) is 49.3 Å².